The Bertz CT molecular complexity index is 782. The molecule has 1 N–H and O–H groups in total. The summed E-state index contributed by atoms with van der Waals surface area (Å²) in [7, 11) is 0. The second kappa shape index (κ2) is 5.54. The third-order valence-corrected chi connectivity index (χ3v) is 3.15. The molecule has 0 aliphatic heterocycles. The van der Waals surface area contributed by atoms with Gasteiger partial charge in [-0.2, -0.15) is 0 Å². The Morgan fingerprint density at radius 2 is 1.81 bits per heavy atom. The highest BCUT2D eigenvalue weighted by atomic mass is 16.6. The van der Waals surface area contributed by atoms with Crippen LogP contribution in [0.15, 0.2) is 54.9 Å². The number of benzene rings is 2. The Balaban J connectivity index is 1.79. The van der Waals surface area contributed by atoms with Crippen LogP contribution in [-0.2, 0) is 6.54 Å². The molecule has 0 unspecified atom stereocenters. The second-order valence-corrected chi connectivity index (χ2v) is 4.52. The number of hydrogen-bond donors (Lipinski definition) is 1. The fraction of sp³-hybridized carbons (Fsp3) is 0.0667. The van der Waals surface area contributed by atoms with E-state index in [2.05, 4.69) is 15.3 Å². The first-order valence-corrected chi connectivity index (χ1v) is 6.41. The van der Waals surface area contributed by atoms with Crippen molar-refractivity contribution in [3.8, 4) is 0 Å². The lowest BCUT2D eigenvalue weighted by atomic mass is 10.2. The van der Waals surface area contributed by atoms with Crippen molar-refractivity contribution < 1.29 is 4.92 Å². The van der Waals surface area contributed by atoms with Gasteiger partial charge >= 0.3 is 0 Å². The Morgan fingerprint density at radius 3 is 2.57 bits per heavy atom. The van der Waals surface area contributed by atoms with Gasteiger partial charge in [0.1, 0.15) is 12.1 Å². The van der Waals surface area contributed by atoms with E-state index in [0.717, 1.165) is 22.3 Å². The molecule has 1 aromatic heterocycles. The molecule has 0 atom stereocenters. The summed E-state index contributed by atoms with van der Waals surface area (Å²) in [5.41, 5.74) is 1.91. The summed E-state index contributed by atoms with van der Waals surface area (Å²) in [5.74, 6) is 0.749. The topological polar surface area (TPSA) is 81.0 Å². The minimum Gasteiger partial charge on any atom is -0.365 e. The average Bonchev–Trinajstić information content (AvgIpc) is 2.53. The number of aromatic nitrogens is 2. The molecule has 0 saturated carbocycles. The Kier molecular flexibility index (Phi) is 3.42. The molecule has 0 spiro atoms. The molecule has 0 aliphatic rings. The highest BCUT2D eigenvalue weighted by Crippen LogP contribution is 2.19. The molecule has 0 amide bonds. The smallest absolute Gasteiger partial charge is 0.269 e. The fourth-order valence-electron chi connectivity index (χ4n) is 2.07. The van der Waals surface area contributed by atoms with Gasteiger partial charge in [-0.3, -0.25) is 10.1 Å². The van der Waals surface area contributed by atoms with Gasteiger partial charge in [0.25, 0.3) is 5.69 Å². The summed E-state index contributed by atoms with van der Waals surface area (Å²) in [4.78, 5) is 18.6. The minimum atomic E-state index is -0.408. The zero-order chi connectivity index (χ0) is 14.7. The summed E-state index contributed by atoms with van der Waals surface area (Å²) in [6.07, 6.45) is 1.51. The first-order chi connectivity index (χ1) is 10.2. The van der Waals surface area contributed by atoms with Crippen LogP contribution in [0.4, 0.5) is 11.5 Å². The van der Waals surface area contributed by atoms with Gasteiger partial charge in [0.05, 0.1) is 10.4 Å². The molecule has 3 rings (SSSR count). The van der Waals surface area contributed by atoms with Crippen molar-refractivity contribution in [1.82, 2.24) is 9.97 Å². The molecular weight excluding hydrogens is 268 g/mol. The van der Waals surface area contributed by atoms with Crippen LogP contribution in [0.2, 0.25) is 0 Å². The van der Waals surface area contributed by atoms with Crippen LogP contribution in [0.25, 0.3) is 10.9 Å². The molecule has 2 aromatic carbocycles. The van der Waals surface area contributed by atoms with E-state index in [1.165, 1.54) is 18.5 Å². The zero-order valence-corrected chi connectivity index (χ0v) is 11.1. The van der Waals surface area contributed by atoms with Crippen LogP contribution < -0.4 is 5.32 Å². The van der Waals surface area contributed by atoms with Gasteiger partial charge in [-0.15, -0.1) is 0 Å². The van der Waals surface area contributed by atoms with E-state index in [9.17, 15) is 10.1 Å². The van der Waals surface area contributed by atoms with E-state index < -0.39 is 4.92 Å². The highest BCUT2D eigenvalue weighted by molar-refractivity contribution is 5.88. The number of fused-ring (bicyclic) bond motifs is 1. The Labute approximate surface area is 120 Å². The quantitative estimate of drug-likeness (QED) is 0.586. The van der Waals surface area contributed by atoms with Gasteiger partial charge < -0.3 is 5.32 Å². The van der Waals surface area contributed by atoms with E-state index in [-0.39, 0.29) is 5.69 Å². The number of non-ortho nitro benzene ring substituents is 1. The summed E-state index contributed by atoms with van der Waals surface area (Å²) < 4.78 is 0. The molecule has 0 fully saturated rings. The molecule has 3 aromatic rings. The van der Waals surface area contributed by atoms with Crippen molar-refractivity contribution in [3.63, 3.8) is 0 Å². The average molecular weight is 280 g/mol. The van der Waals surface area contributed by atoms with E-state index in [4.69, 9.17) is 0 Å². The van der Waals surface area contributed by atoms with Crippen LogP contribution >= 0.6 is 0 Å². The summed E-state index contributed by atoms with van der Waals surface area (Å²) in [5, 5.41) is 14.8. The maximum absolute atomic E-state index is 10.6. The van der Waals surface area contributed by atoms with Gasteiger partial charge in [-0.05, 0) is 17.7 Å². The monoisotopic (exact) mass is 280 g/mol. The maximum Gasteiger partial charge on any atom is 0.269 e. The van der Waals surface area contributed by atoms with Crippen molar-refractivity contribution in [2.24, 2.45) is 0 Å². The summed E-state index contributed by atoms with van der Waals surface area (Å²) in [6, 6.07) is 14.2. The largest absolute Gasteiger partial charge is 0.365 e. The molecule has 0 saturated heterocycles. The van der Waals surface area contributed by atoms with E-state index in [1.54, 1.807) is 12.1 Å². The molecule has 6 nitrogen and oxygen atoms in total. The molecule has 0 aliphatic carbocycles. The van der Waals surface area contributed by atoms with Gasteiger partial charge in [0, 0.05) is 24.1 Å². The van der Waals surface area contributed by atoms with Gasteiger partial charge in [-0.1, -0.05) is 24.3 Å². The normalized spacial score (nSPS) is 10.5. The number of nitrogens with one attached hydrogen (secondary N) is 1. The third kappa shape index (κ3) is 2.79. The first kappa shape index (κ1) is 13.0. The van der Waals surface area contributed by atoms with Gasteiger partial charge in [0.15, 0.2) is 0 Å². The summed E-state index contributed by atoms with van der Waals surface area (Å²) >= 11 is 0. The van der Waals surface area contributed by atoms with Crippen molar-refractivity contribution >= 4 is 22.4 Å². The summed E-state index contributed by atoms with van der Waals surface area (Å²) in [6.45, 7) is 0.541. The van der Waals surface area contributed by atoms with Crippen molar-refractivity contribution in [2.45, 2.75) is 6.54 Å². The van der Waals surface area contributed by atoms with Crippen molar-refractivity contribution in [1.29, 1.82) is 0 Å². The number of rotatable bonds is 4. The lowest BCUT2D eigenvalue weighted by molar-refractivity contribution is -0.384. The van der Waals surface area contributed by atoms with Crippen LogP contribution in [-0.4, -0.2) is 14.9 Å². The van der Waals surface area contributed by atoms with E-state index in [1.807, 2.05) is 24.3 Å². The lowest BCUT2D eigenvalue weighted by Gasteiger charge is -2.08. The fourth-order valence-corrected chi connectivity index (χ4v) is 2.07. The maximum atomic E-state index is 10.6. The molecule has 21 heavy (non-hydrogen) atoms. The molecule has 6 heteroatoms. The zero-order valence-electron chi connectivity index (χ0n) is 11.1. The SMILES string of the molecule is O=[N+]([O-])c1ccc(CNc2ncnc3ccccc23)cc1. The van der Waals surface area contributed by atoms with Gasteiger partial charge in [0.2, 0.25) is 0 Å². The third-order valence-electron chi connectivity index (χ3n) is 3.15. The van der Waals surface area contributed by atoms with Crippen LogP contribution in [0.3, 0.4) is 0 Å². The number of hydrogen-bond acceptors (Lipinski definition) is 5. The number of nitrogens with zero attached hydrogens (tertiary/aromatic N) is 3. The minimum absolute atomic E-state index is 0.0891. The lowest BCUT2D eigenvalue weighted by Crippen LogP contribution is -2.02. The van der Waals surface area contributed by atoms with E-state index in [0.29, 0.717) is 6.54 Å². The van der Waals surface area contributed by atoms with Crippen LogP contribution in [0.5, 0.6) is 0 Å². The number of para-hydroxylation sites is 1. The first-order valence-electron chi connectivity index (χ1n) is 6.41. The second-order valence-electron chi connectivity index (χ2n) is 4.52. The molecule has 0 bridgehead atoms. The predicted molar refractivity (Wildman–Crippen MR) is 80.0 cm³/mol. The highest BCUT2D eigenvalue weighted by Gasteiger charge is 2.05. The Morgan fingerprint density at radius 1 is 1.05 bits per heavy atom. The van der Waals surface area contributed by atoms with Crippen molar-refractivity contribution in [3.05, 3.63) is 70.5 Å². The van der Waals surface area contributed by atoms with Gasteiger partial charge in [-0.25, -0.2) is 9.97 Å². The predicted octanol–water partition coefficient (Wildman–Crippen LogP) is 3.15. The molecule has 104 valence electrons. The molecule has 0 radical (unpaired) electrons. The standard InChI is InChI=1S/C15H12N4O2/c20-19(21)12-7-5-11(6-8-12)9-16-15-13-3-1-2-4-14(13)17-10-18-15/h1-8,10H,9H2,(H,16,17,18). The molecular formula is C15H12N4O2. The van der Waals surface area contributed by atoms with Crippen LogP contribution in [0, 0.1) is 10.1 Å². The Hall–Kier alpha value is -3.02. The van der Waals surface area contributed by atoms with Crippen LogP contribution in [0.1, 0.15) is 5.56 Å². The van der Waals surface area contributed by atoms with Crippen molar-refractivity contribution in [2.75, 3.05) is 5.32 Å². The number of anilines is 1. The number of nitro benzene ring substituents is 1. The molecule has 1 heterocycles. The van der Waals surface area contributed by atoms with E-state index >= 15 is 0 Å². The number of nitro groups is 1.